The number of aromatic amines is 1. The van der Waals surface area contributed by atoms with Crippen molar-refractivity contribution in [2.45, 2.75) is 28.6 Å². The highest BCUT2D eigenvalue weighted by atomic mass is 32.2. The summed E-state index contributed by atoms with van der Waals surface area (Å²) < 4.78 is 38.4. The lowest BCUT2D eigenvalue weighted by molar-refractivity contribution is -0.141. The van der Waals surface area contributed by atoms with Crippen LogP contribution in [0.2, 0.25) is 0 Å². The zero-order valence-electron chi connectivity index (χ0n) is 16.5. The topological polar surface area (TPSA) is 123 Å². The lowest BCUT2D eigenvalue weighted by Crippen LogP contribution is -2.38. The van der Waals surface area contributed by atoms with Crippen LogP contribution < -0.4 is 9.46 Å². The van der Waals surface area contributed by atoms with Crippen LogP contribution in [0.15, 0.2) is 64.9 Å². The minimum absolute atomic E-state index is 0.0806. The molecule has 31 heavy (non-hydrogen) atoms. The molecule has 1 fully saturated rings. The highest BCUT2D eigenvalue weighted by Crippen LogP contribution is 2.26. The maximum Gasteiger partial charge on any atom is 0.324 e. The maximum atomic E-state index is 12.8. The lowest BCUT2D eigenvalue weighted by Gasteiger charge is -2.11. The molecule has 2 heterocycles. The van der Waals surface area contributed by atoms with Crippen LogP contribution in [0.1, 0.15) is 6.42 Å². The van der Waals surface area contributed by atoms with Crippen molar-refractivity contribution >= 4 is 27.8 Å². The van der Waals surface area contributed by atoms with E-state index in [9.17, 15) is 13.2 Å². The molecule has 0 spiro atoms. The van der Waals surface area contributed by atoms with Crippen molar-refractivity contribution in [2.24, 2.45) is 0 Å². The summed E-state index contributed by atoms with van der Waals surface area (Å²) in [6, 6.07) is 13.0. The van der Waals surface area contributed by atoms with Crippen LogP contribution in [0.5, 0.6) is 5.75 Å². The Bertz CT molecular complexity index is 1130. The number of hydrogen-bond acceptors (Lipinski definition) is 8. The molecule has 0 bridgehead atoms. The van der Waals surface area contributed by atoms with Crippen molar-refractivity contribution in [3.8, 4) is 16.9 Å². The van der Waals surface area contributed by atoms with Gasteiger partial charge in [-0.05, 0) is 35.4 Å². The lowest BCUT2D eigenvalue weighted by atomic mass is 10.1. The normalized spacial score (nSPS) is 18.7. The molecule has 0 aliphatic carbocycles. The third-order valence-corrected chi connectivity index (χ3v) is 7.25. The van der Waals surface area contributed by atoms with E-state index < -0.39 is 28.1 Å². The summed E-state index contributed by atoms with van der Waals surface area (Å²) in [4.78, 5) is 16.2. The fourth-order valence-corrected chi connectivity index (χ4v) is 5.14. The summed E-state index contributed by atoms with van der Waals surface area (Å²) in [7, 11) is -2.28. The van der Waals surface area contributed by atoms with E-state index in [2.05, 4.69) is 19.9 Å². The Hall–Kier alpha value is -2.89. The molecule has 1 saturated heterocycles. The minimum atomic E-state index is -3.87. The summed E-state index contributed by atoms with van der Waals surface area (Å²) in [5, 5.41) is 7.07. The van der Waals surface area contributed by atoms with Gasteiger partial charge in [0.25, 0.3) is 0 Å². The smallest absolute Gasteiger partial charge is 0.324 e. The molecule has 0 radical (unpaired) electrons. The number of carbonyl (C=O) groups is 1. The zero-order chi connectivity index (χ0) is 21.8. The first kappa shape index (κ1) is 21.3. The average molecular weight is 461 g/mol. The van der Waals surface area contributed by atoms with Gasteiger partial charge in [0.1, 0.15) is 24.2 Å². The quantitative estimate of drug-likeness (QED) is 0.388. The fraction of sp³-hybridized carbons (Fsp3) is 0.250. The summed E-state index contributed by atoms with van der Waals surface area (Å²) in [6.45, 7) is 0. The van der Waals surface area contributed by atoms with Gasteiger partial charge in [0.2, 0.25) is 10.0 Å². The molecule has 11 heteroatoms. The van der Waals surface area contributed by atoms with Crippen LogP contribution in [-0.2, 0) is 19.6 Å². The Morgan fingerprint density at radius 1 is 1.16 bits per heavy atom. The molecule has 1 aliphatic rings. The Balaban J connectivity index is 1.39. The van der Waals surface area contributed by atoms with Crippen LogP contribution in [0, 0.1) is 0 Å². The Morgan fingerprint density at radius 2 is 1.84 bits per heavy atom. The van der Waals surface area contributed by atoms with Crippen molar-refractivity contribution in [3.63, 3.8) is 0 Å². The number of H-pyrrole nitrogens is 1. The van der Waals surface area contributed by atoms with Crippen LogP contribution in [0.25, 0.3) is 11.1 Å². The third-order valence-electron chi connectivity index (χ3n) is 4.75. The van der Waals surface area contributed by atoms with E-state index in [1.165, 1.54) is 30.2 Å². The molecule has 2 atom stereocenters. The molecule has 3 aromatic rings. The van der Waals surface area contributed by atoms with E-state index >= 15 is 0 Å². The molecule has 2 N–H and O–H groups in total. The molecule has 1 aromatic heterocycles. The van der Waals surface area contributed by atoms with E-state index in [-0.39, 0.29) is 11.3 Å². The van der Waals surface area contributed by atoms with Gasteiger partial charge in [-0.2, -0.15) is 9.82 Å². The summed E-state index contributed by atoms with van der Waals surface area (Å²) in [6.07, 6.45) is 1.23. The summed E-state index contributed by atoms with van der Waals surface area (Å²) >= 11 is 1.35. The van der Waals surface area contributed by atoms with E-state index in [0.29, 0.717) is 10.9 Å². The second-order valence-corrected chi connectivity index (χ2v) is 9.55. The van der Waals surface area contributed by atoms with E-state index in [1.807, 2.05) is 24.3 Å². The third kappa shape index (κ3) is 5.06. The van der Waals surface area contributed by atoms with Crippen molar-refractivity contribution in [2.75, 3.05) is 12.9 Å². The van der Waals surface area contributed by atoms with Gasteiger partial charge in [-0.25, -0.2) is 13.4 Å². The average Bonchev–Trinajstić information content (AvgIpc) is 3.42. The van der Waals surface area contributed by atoms with Gasteiger partial charge in [0.15, 0.2) is 5.16 Å². The van der Waals surface area contributed by atoms with Crippen LogP contribution in [-0.4, -0.2) is 54.6 Å². The number of sulfonamides is 1. The maximum absolute atomic E-state index is 12.8. The molecule has 9 nitrogen and oxygen atoms in total. The van der Waals surface area contributed by atoms with E-state index in [1.54, 1.807) is 19.2 Å². The Morgan fingerprint density at radius 3 is 2.45 bits per heavy atom. The van der Waals surface area contributed by atoms with Crippen LogP contribution in [0.4, 0.5) is 0 Å². The standard InChI is InChI=1S/C20H20N4O5S2/c1-28-15-6-2-13(3-7-15)14-4-8-17(9-5-14)31(26,27)24-18-10-16(29-19(18)25)11-30-20-21-12-22-23-20/h2-9,12,16,18,24H,10-11H2,1H3,(H,21,22,23). The van der Waals surface area contributed by atoms with Crippen molar-refractivity contribution < 1.29 is 22.7 Å². The van der Waals surface area contributed by atoms with Crippen LogP contribution in [0.3, 0.4) is 0 Å². The van der Waals surface area contributed by atoms with Gasteiger partial charge < -0.3 is 9.47 Å². The predicted molar refractivity (Wildman–Crippen MR) is 114 cm³/mol. The number of carbonyl (C=O) groups excluding carboxylic acids is 1. The number of hydrogen-bond donors (Lipinski definition) is 2. The van der Waals surface area contributed by atoms with Gasteiger partial charge >= 0.3 is 5.97 Å². The molecule has 162 valence electrons. The number of benzene rings is 2. The van der Waals surface area contributed by atoms with Gasteiger partial charge in [0, 0.05) is 12.2 Å². The van der Waals surface area contributed by atoms with Gasteiger partial charge in [0.05, 0.1) is 12.0 Å². The molecule has 0 amide bonds. The second kappa shape index (κ2) is 9.08. The highest BCUT2D eigenvalue weighted by Gasteiger charge is 2.37. The monoisotopic (exact) mass is 460 g/mol. The first-order valence-corrected chi connectivity index (χ1v) is 11.9. The van der Waals surface area contributed by atoms with Gasteiger partial charge in [-0.1, -0.05) is 36.0 Å². The number of nitrogens with zero attached hydrogens (tertiary/aromatic N) is 2. The van der Waals surface area contributed by atoms with Crippen molar-refractivity contribution in [1.29, 1.82) is 0 Å². The van der Waals surface area contributed by atoms with E-state index in [0.717, 1.165) is 16.9 Å². The molecular formula is C20H20N4O5S2. The van der Waals surface area contributed by atoms with Crippen molar-refractivity contribution in [3.05, 3.63) is 54.9 Å². The zero-order valence-corrected chi connectivity index (χ0v) is 18.2. The number of aromatic nitrogens is 3. The molecule has 2 unspecified atom stereocenters. The molecule has 2 aromatic carbocycles. The SMILES string of the molecule is COc1ccc(-c2ccc(S(=O)(=O)NC3CC(CSc4ncn[nH]4)OC3=O)cc2)cc1. The number of rotatable bonds is 8. The molecule has 4 rings (SSSR count). The first-order valence-electron chi connectivity index (χ1n) is 9.40. The number of nitrogens with one attached hydrogen (secondary N) is 2. The highest BCUT2D eigenvalue weighted by molar-refractivity contribution is 7.99. The number of esters is 1. The Kier molecular flexibility index (Phi) is 6.25. The minimum Gasteiger partial charge on any atom is -0.497 e. The van der Waals surface area contributed by atoms with Crippen LogP contribution >= 0.6 is 11.8 Å². The number of thioether (sulfide) groups is 1. The van der Waals surface area contributed by atoms with Crippen molar-refractivity contribution in [1.82, 2.24) is 19.9 Å². The summed E-state index contributed by atoms with van der Waals surface area (Å²) in [5.74, 6) is 0.616. The first-order chi connectivity index (χ1) is 14.9. The predicted octanol–water partition coefficient (Wildman–Crippen LogP) is 2.24. The second-order valence-electron chi connectivity index (χ2n) is 6.82. The molecule has 0 saturated carbocycles. The number of ether oxygens (including phenoxy) is 2. The van der Waals surface area contributed by atoms with Gasteiger partial charge in [-0.15, -0.1) is 0 Å². The molecular weight excluding hydrogens is 440 g/mol. The Labute approximate surface area is 183 Å². The van der Waals surface area contributed by atoms with Gasteiger partial charge in [-0.3, -0.25) is 9.89 Å². The fourth-order valence-electron chi connectivity index (χ4n) is 3.15. The van der Waals surface area contributed by atoms with E-state index in [4.69, 9.17) is 9.47 Å². The summed E-state index contributed by atoms with van der Waals surface area (Å²) in [5.41, 5.74) is 1.80. The number of methoxy groups -OCH3 is 1. The number of cyclic esters (lactones) is 1. The molecule has 1 aliphatic heterocycles. The largest absolute Gasteiger partial charge is 0.497 e.